The van der Waals surface area contributed by atoms with Crippen LogP contribution >= 0.6 is 0 Å². The van der Waals surface area contributed by atoms with Crippen LogP contribution in [0.1, 0.15) is 29.7 Å². The summed E-state index contributed by atoms with van der Waals surface area (Å²) >= 11 is 0. The first-order valence-corrected chi connectivity index (χ1v) is 10.5. The van der Waals surface area contributed by atoms with Crippen molar-refractivity contribution in [2.75, 3.05) is 20.4 Å². The van der Waals surface area contributed by atoms with Crippen LogP contribution < -0.4 is 5.32 Å². The number of hydrogen-bond acceptors (Lipinski definition) is 4. The van der Waals surface area contributed by atoms with E-state index in [0.29, 0.717) is 13.2 Å². The predicted octanol–water partition coefficient (Wildman–Crippen LogP) is 3.14. The van der Waals surface area contributed by atoms with Gasteiger partial charge in [0, 0.05) is 27.0 Å². The minimum atomic E-state index is -3.23. The van der Waals surface area contributed by atoms with Gasteiger partial charge in [-0.3, -0.25) is 0 Å². The predicted molar refractivity (Wildman–Crippen MR) is 105 cm³/mol. The smallest absolute Gasteiger partial charge is 0.317 e. The van der Waals surface area contributed by atoms with Gasteiger partial charge in [0.15, 0.2) is 9.84 Å². The third kappa shape index (κ3) is 5.55. The maximum atomic E-state index is 12.5. The minimum Gasteiger partial charge on any atom is -0.380 e. The second-order valence-corrected chi connectivity index (χ2v) is 8.50. The summed E-state index contributed by atoms with van der Waals surface area (Å²) in [6.07, 6.45) is 1.17. The summed E-state index contributed by atoms with van der Waals surface area (Å²) in [5, 5.41) is 2.92. The lowest BCUT2D eigenvalue weighted by atomic mass is 10.1. The quantitative estimate of drug-likeness (QED) is 0.788. The Balaban J connectivity index is 2.02. The number of carbonyl (C=O) groups excluding carboxylic acids is 1. The van der Waals surface area contributed by atoms with Crippen LogP contribution in [-0.4, -0.2) is 39.8 Å². The van der Waals surface area contributed by atoms with Crippen LogP contribution in [0.2, 0.25) is 0 Å². The Hall–Kier alpha value is -2.38. The fraction of sp³-hybridized carbons (Fsp3) is 0.350. The highest BCUT2D eigenvalue weighted by Gasteiger charge is 2.18. The van der Waals surface area contributed by atoms with Gasteiger partial charge in [-0.2, -0.15) is 0 Å². The van der Waals surface area contributed by atoms with Gasteiger partial charge in [-0.15, -0.1) is 0 Å². The molecule has 0 saturated heterocycles. The molecule has 0 fully saturated rings. The first-order chi connectivity index (χ1) is 12.7. The molecule has 146 valence electrons. The number of ether oxygens (including phenoxy) is 1. The van der Waals surface area contributed by atoms with Gasteiger partial charge in [-0.1, -0.05) is 36.4 Å². The summed E-state index contributed by atoms with van der Waals surface area (Å²) in [4.78, 5) is 14.4. The summed E-state index contributed by atoms with van der Waals surface area (Å²) in [5.41, 5.74) is 2.90. The number of hydrogen-bond donors (Lipinski definition) is 1. The molecular weight excluding hydrogens is 364 g/mol. The maximum Gasteiger partial charge on any atom is 0.317 e. The van der Waals surface area contributed by atoms with Crippen LogP contribution in [0.25, 0.3) is 0 Å². The molecule has 2 amide bonds. The van der Waals surface area contributed by atoms with E-state index in [1.165, 1.54) is 6.26 Å². The molecular formula is C20H26N2O4S. The molecule has 0 bridgehead atoms. The van der Waals surface area contributed by atoms with E-state index in [-0.39, 0.29) is 17.0 Å². The SMILES string of the molecule is COCc1ccccc1CNC(=O)N(C)C(C)c1ccc(S(C)(=O)=O)cc1. The Morgan fingerprint density at radius 1 is 1.11 bits per heavy atom. The average molecular weight is 391 g/mol. The molecule has 0 aliphatic rings. The Morgan fingerprint density at radius 3 is 2.26 bits per heavy atom. The molecule has 0 aliphatic carbocycles. The fourth-order valence-electron chi connectivity index (χ4n) is 2.71. The largest absolute Gasteiger partial charge is 0.380 e. The number of sulfone groups is 1. The van der Waals surface area contributed by atoms with Gasteiger partial charge in [0.05, 0.1) is 17.5 Å². The van der Waals surface area contributed by atoms with E-state index in [2.05, 4.69) is 5.32 Å². The second kappa shape index (κ2) is 9.01. The van der Waals surface area contributed by atoms with Crippen LogP contribution in [0.3, 0.4) is 0 Å². The number of urea groups is 1. The van der Waals surface area contributed by atoms with E-state index in [1.54, 1.807) is 43.3 Å². The highest BCUT2D eigenvalue weighted by Crippen LogP contribution is 2.21. The van der Waals surface area contributed by atoms with Crippen LogP contribution in [0.4, 0.5) is 4.79 Å². The summed E-state index contributed by atoms with van der Waals surface area (Å²) in [6, 6.07) is 14.0. The molecule has 0 radical (unpaired) electrons. The third-order valence-electron chi connectivity index (χ3n) is 4.54. The van der Waals surface area contributed by atoms with E-state index >= 15 is 0 Å². The van der Waals surface area contributed by atoms with E-state index in [1.807, 2.05) is 31.2 Å². The van der Waals surface area contributed by atoms with Gasteiger partial charge in [-0.05, 0) is 35.7 Å². The summed E-state index contributed by atoms with van der Waals surface area (Å²) in [6.45, 7) is 2.79. The first kappa shape index (κ1) is 20.9. The van der Waals surface area contributed by atoms with E-state index in [0.717, 1.165) is 16.7 Å². The molecule has 1 N–H and O–H groups in total. The van der Waals surface area contributed by atoms with Crippen molar-refractivity contribution < 1.29 is 17.9 Å². The highest BCUT2D eigenvalue weighted by molar-refractivity contribution is 7.90. The molecule has 0 aromatic heterocycles. The molecule has 0 saturated carbocycles. The van der Waals surface area contributed by atoms with Gasteiger partial charge in [-0.25, -0.2) is 13.2 Å². The zero-order chi connectivity index (χ0) is 20.0. The van der Waals surface area contributed by atoms with Crippen LogP contribution in [-0.2, 0) is 27.7 Å². The molecule has 2 rings (SSSR count). The number of rotatable bonds is 7. The zero-order valence-electron chi connectivity index (χ0n) is 16.1. The third-order valence-corrected chi connectivity index (χ3v) is 5.67. The lowest BCUT2D eigenvalue weighted by molar-refractivity contribution is 0.183. The highest BCUT2D eigenvalue weighted by atomic mass is 32.2. The molecule has 0 spiro atoms. The standard InChI is InChI=1S/C20H26N2O4S/c1-15(16-9-11-19(12-10-16)27(4,24)25)22(2)20(23)21-13-17-7-5-6-8-18(17)14-26-3/h5-12,15H,13-14H2,1-4H3,(H,21,23). The van der Waals surface area contributed by atoms with Gasteiger partial charge >= 0.3 is 6.03 Å². The van der Waals surface area contributed by atoms with Crippen LogP contribution in [0.15, 0.2) is 53.4 Å². The monoisotopic (exact) mass is 390 g/mol. The van der Waals surface area contributed by atoms with Gasteiger partial charge in [0.1, 0.15) is 0 Å². The van der Waals surface area contributed by atoms with E-state index < -0.39 is 9.84 Å². The first-order valence-electron chi connectivity index (χ1n) is 8.60. The van der Waals surface area contributed by atoms with E-state index in [9.17, 15) is 13.2 Å². The Bertz CT molecular complexity index is 879. The van der Waals surface area contributed by atoms with Gasteiger partial charge in [0.2, 0.25) is 0 Å². The Labute approximate surface area is 161 Å². The number of methoxy groups -OCH3 is 1. The minimum absolute atomic E-state index is 0.201. The van der Waals surface area contributed by atoms with Gasteiger partial charge < -0.3 is 15.0 Å². The lowest BCUT2D eigenvalue weighted by Crippen LogP contribution is -2.38. The molecule has 7 heteroatoms. The Morgan fingerprint density at radius 2 is 1.70 bits per heavy atom. The summed E-state index contributed by atoms with van der Waals surface area (Å²) < 4.78 is 28.3. The maximum absolute atomic E-state index is 12.5. The number of benzene rings is 2. The second-order valence-electron chi connectivity index (χ2n) is 6.49. The van der Waals surface area contributed by atoms with Crippen LogP contribution in [0, 0.1) is 0 Å². The van der Waals surface area contributed by atoms with Crippen molar-refractivity contribution >= 4 is 15.9 Å². The molecule has 2 aromatic carbocycles. The molecule has 6 nitrogen and oxygen atoms in total. The molecule has 1 atom stereocenters. The fourth-order valence-corrected chi connectivity index (χ4v) is 3.35. The number of nitrogens with one attached hydrogen (secondary N) is 1. The van der Waals surface area contributed by atoms with Crippen molar-refractivity contribution in [3.63, 3.8) is 0 Å². The normalized spacial score (nSPS) is 12.4. The number of carbonyl (C=O) groups is 1. The van der Waals surface area contributed by atoms with Crippen molar-refractivity contribution in [1.29, 1.82) is 0 Å². The van der Waals surface area contributed by atoms with Crippen molar-refractivity contribution in [1.82, 2.24) is 10.2 Å². The zero-order valence-corrected chi connectivity index (χ0v) is 16.9. The topological polar surface area (TPSA) is 75.7 Å². The van der Waals surface area contributed by atoms with Crippen LogP contribution in [0.5, 0.6) is 0 Å². The van der Waals surface area contributed by atoms with Crippen molar-refractivity contribution in [3.8, 4) is 0 Å². The average Bonchev–Trinajstić information content (AvgIpc) is 2.65. The molecule has 0 heterocycles. The van der Waals surface area contributed by atoms with Crippen molar-refractivity contribution in [3.05, 3.63) is 65.2 Å². The lowest BCUT2D eigenvalue weighted by Gasteiger charge is -2.26. The summed E-state index contributed by atoms with van der Waals surface area (Å²) in [7, 11) is 0.119. The summed E-state index contributed by atoms with van der Waals surface area (Å²) in [5.74, 6) is 0. The number of nitrogens with zero attached hydrogens (tertiary/aromatic N) is 1. The van der Waals surface area contributed by atoms with Gasteiger partial charge in [0.25, 0.3) is 0 Å². The van der Waals surface area contributed by atoms with Crippen molar-refractivity contribution in [2.45, 2.75) is 31.0 Å². The van der Waals surface area contributed by atoms with Crippen molar-refractivity contribution in [2.24, 2.45) is 0 Å². The molecule has 0 aliphatic heterocycles. The molecule has 27 heavy (non-hydrogen) atoms. The molecule has 1 unspecified atom stereocenters. The Kier molecular flexibility index (Phi) is 6.98. The van der Waals surface area contributed by atoms with E-state index in [4.69, 9.17) is 4.74 Å². The molecule has 2 aromatic rings. The number of amides is 2.